The van der Waals surface area contributed by atoms with Crippen LogP contribution in [0.4, 0.5) is 0 Å². The van der Waals surface area contributed by atoms with Crippen LogP contribution in [0, 0.1) is 0 Å². The maximum absolute atomic E-state index is 12.0. The molecule has 0 saturated carbocycles. The van der Waals surface area contributed by atoms with E-state index in [9.17, 15) is 9.59 Å². The Bertz CT molecular complexity index is 717. The maximum atomic E-state index is 12.0. The Morgan fingerprint density at radius 3 is 2.67 bits per heavy atom. The van der Waals surface area contributed by atoms with Gasteiger partial charge in [0.2, 0.25) is 0 Å². The molecule has 3 rings (SSSR count). The van der Waals surface area contributed by atoms with E-state index in [1.165, 1.54) is 0 Å². The van der Waals surface area contributed by atoms with Gasteiger partial charge < -0.3 is 9.47 Å². The highest BCUT2D eigenvalue weighted by atomic mass is 16.5. The number of benzene rings is 2. The van der Waals surface area contributed by atoms with Crippen molar-refractivity contribution in [1.82, 2.24) is 0 Å². The summed E-state index contributed by atoms with van der Waals surface area (Å²) in [6.45, 7) is 0.340. The Morgan fingerprint density at radius 1 is 1.10 bits per heavy atom. The van der Waals surface area contributed by atoms with Gasteiger partial charge in [0.1, 0.15) is 11.5 Å². The average Bonchev–Trinajstić information content (AvgIpc) is 2.50. The first kappa shape index (κ1) is 13.1. The molecule has 104 valence electrons. The fraction of sp³-hybridized carbons (Fsp3) is 0.0588. The van der Waals surface area contributed by atoms with Crippen LogP contribution >= 0.6 is 0 Å². The Labute approximate surface area is 121 Å². The van der Waals surface area contributed by atoms with Crippen molar-refractivity contribution in [3.63, 3.8) is 0 Å². The number of carbonyl (C=O) groups excluding carboxylic acids is 2. The number of ether oxygens (including phenoxy) is 2. The molecule has 4 heteroatoms. The lowest BCUT2D eigenvalue weighted by Crippen LogP contribution is -2.19. The summed E-state index contributed by atoms with van der Waals surface area (Å²) < 4.78 is 10.0. The Morgan fingerprint density at radius 2 is 1.90 bits per heavy atom. The van der Waals surface area contributed by atoms with Crippen LogP contribution in [-0.4, -0.2) is 12.4 Å². The number of hydrogen-bond donors (Lipinski definition) is 0. The van der Waals surface area contributed by atoms with Crippen LogP contribution in [-0.2, 0) is 16.0 Å². The van der Waals surface area contributed by atoms with Crippen molar-refractivity contribution < 1.29 is 19.1 Å². The molecule has 0 radical (unpaired) electrons. The number of carbonyl (C=O) groups is 2. The van der Waals surface area contributed by atoms with E-state index in [2.05, 4.69) is 0 Å². The molecule has 0 fully saturated rings. The van der Waals surface area contributed by atoms with Gasteiger partial charge in [0.05, 0.1) is 0 Å². The number of hydrogen-bond acceptors (Lipinski definition) is 4. The van der Waals surface area contributed by atoms with Gasteiger partial charge >= 0.3 is 5.97 Å². The molecule has 21 heavy (non-hydrogen) atoms. The van der Waals surface area contributed by atoms with Gasteiger partial charge in [0.15, 0.2) is 0 Å². The Kier molecular flexibility index (Phi) is 3.51. The van der Waals surface area contributed by atoms with E-state index in [-0.39, 0.29) is 5.97 Å². The second-order valence-electron chi connectivity index (χ2n) is 4.63. The first-order chi connectivity index (χ1) is 10.3. The fourth-order valence-corrected chi connectivity index (χ4v) is 2.21. The van der Waals surface area contributed by atoms with E-state index in [0.29, 0.717) is 30.0 Å². The van der Waals surface area contributed by atoms with Gasteiger partial charge in [0.25, 0.3) is 6.47 Å². The fourth-order valence-electron chi connectivity index (χ4n) is 2.21. The summed E-state index contributed by atoms with van der Waals surface area (Å²) in [5.41, 5.74) is 2.43. The smallest absolute Gasteiger partial charge is 0.339 e. The van der Waals surface area contributed by atoms with E-state index in [0.717, 1.165) is 11.1 Å². The molecule has 0 spiro atoms. The molecule has 1 aliphatic rings. The topological polar surface area (TPSA) is 52.6 Å². The Balaban J connectivity index is 1.91. The summed E-state index contributed by atoms with van der Waals surface area (Å²) in [5.74, 6) is 0.409. The van der Waals surface area contributed by atoms with Gasteiger partial charge in [0, 0.05) is 18.1 Å². The third kappa shape index (κ3) is 2.84. The molecule has 4 nitrogen and oxygen atoms in total. The van der Waals surface area contributed by atoms with Gasteiger partial charge in [-0.3, -0.25) is 4.79 Å². The third-order valence-electron chi connectivity index (χ3n) is 3.21. The summed E-state index contributed by atoms with van der Waals surface area (Å²) in [5, 5.41) is 0. The zero-order valence-electron chi connectivity index (χ0n) is 11.1. The highest BCUT2D eigenvalue weighted by molar-refractivity contribution is 5.97. The van der Waals surface area contributed by atoms with Gasteiger partial charge in [-0.15, -0.1) is 0 Å². The van der Waals surface area contributed by atoms with Crippen molar-refractivity contribution in [3.05, 3.63) is 65.2 Å². The molecule has 0 amide bonds. The lowest BCUT2D eigenvalue weighted by molar-refractivity contribution is -0.130. The highest BCUT2D eigenvalue weighted by Crippen LogP contribution is 2.32. The van der Waals surface area contributed by atoms with Crippen molar-refractivity contribution in [2.24, 2.45) is 0 Å². The number of rotatable bonds is 3. The van der Waals surface area contributed by atoms with E-state index >= 15 is 0 Å². The van der Waals surface area contributed by atoms with Gasteiger partial charge in [-0.1, -0.05) is 36.4 Å². The maximum Gasteiger partial charge on any atom is 0.339 e. The van der Waals surface area contributed by atoms with Crippen molar-refractivity contribution >= 4 is 18.5 Å². The molecule has 0 bridgehead atoms. The predicted octanol–water partition coefficient (Wildman–Crippen LogP) is 2.77. The second-order valence-corrected chi connectivity index (χ2v) is 4.63. The van der Waals surface area contributed by atoms with Gasteiger partial charge in [-0.05, 0) is 23.3 Å². The summed E-state index contributed by atoms with van der Waals surface area (Å²) in [7, 11) is 0. The average molecular weight is 280 g/mol. The monoisotopic (exact) mass is 280 g/mol. The normalized spacial score (nSPS) is 15.2. The SMILES string of the molecule is O=COc1ccc2c(c1)OC(=O)C(=Cc1ccccc1)C2. The standard InChI is InChI=1S/C17H12O4/c18-11-20-15-7-6-13-9-14(17(19)21-16(13)10-15)8-12-4-2-1-3-5-12/h1-8,10-11H,9H2. The van der Waals surface area contributed by atoms with Crippen LogP contribution in [0.25, 0.3) is 6.08 Å². The van der Waals surface area contributed by atoms with E-state index in [4.69, 9.17) is 9.47 Å². The van der Waals surface area contributed by atoms with Crippen molar-refractivity contribution in [2.75, 3.05) is 0 Å². The van der Waals surface area contributed by atoms with E-state index in [1.807, 2.05) is 36.4 Å². The van der Waals surface area contributed by atoms with Crippen LogP contribution in [0.2, 0.25) is 0 Å². The summed E-state index contributed by atoms with van der Waals surface area (Å²) in [4.78, 5) is 22.4. The molecule has 1 aliphatic heterocycles. The molecule has 2 aromatic carbocycles. The second kappa shape index (κ2) is 5.63. The summed E-state index contributed by atoms with van der Waals surface area (Å²) in [6, 6.07) is 14.6. The van der Waals surface area contributed by atoms with Crippen molar-refractivity contribution in [3.8, 4) is 11.5 Å². The van der Waals surface area contributed by atoms with Crippen LogP contribution in [0.5, 0.6) is 11.5 Å². The highest BCUT2D eigenvalue weighted by Gasteiger charge is 2.22. The quantitative estimate of drug-likeness (QED) is 0.375. The molecule has 0 atom stereocenters. The molecular formula is C17H12O4. The predicted molar refractivity (Wildman–Crippen MR) is 76.9 cm³/mol. The van der Waals surface area contributed by atoms with Crippen LogP contribution in [0.15, 0.2) is 54.1 Å². The van der Waals surface area contributed by atoms with Crippen LogP contribution in [0.3, 0.4) is 0 Å². The van der Waals surface area contributed by atoms with E-state index in [1.54, 1.807) is 18.2 Å². The molecule has 0 aromatic heterocycles. The van der Waals surface area contributed by atoms with E-state index < -0.39 is 0 Å². The van der Waals surface area contributed by atoms with Crippen LogP contribution in [0.1, 0.15) is 11.1 Å². The van der Waals surface area contributed by atoms with Gasteiger partial charge in [-0.25, -0.2) is 4.79 Å². The minimum absolute atomic E-state index is 0.340. The first-order valence-electron chi connectivity index (χ1n) is 6.47. The summed E-state index contributed by atoms with van der Waals surface area (Å²) >= 11 is 0. The zero-order valence-corrected chi connectivity index (χ0v) is 11.1. The molecule has 0 aliphatic carbocycles. The molecular weight excluding hydrogens is 268 g/mol. The minimum Gasteiger partial charge on any atom is -0.429 e. The molecule has 2 aromatic rings. The Hall–Kier alpha value is -2.88. The number of fused-ring (bicyclic) bond motifs is 1. The largest absolute Gasteiger partial charge is 0.429 e. The van der Waals surface area contributed by atoms with Crippen molar-refractivity contribution in [1.29, 1.82) is 0 Å². The third-order valence-corrected chi connectivity index (χ3v) is 3.21. The van der Waals surface area contributed by atoms with Gasteiger partial charge in [-0.2, -0.15) is 0 Å². The number of esters is 1. The molecule has 0 saturated heterocycles. The lowest BCUT2D eigenvalue weighted by atomic mass is 9.99. The molecule has 0 unspecified atom stereocenters. The minimum atomic E-state index is -0.380. The lowest BCUT2D eigenvalue weighted by Gasteiger charge is -2.18. The van der Waals surface area contributed by atoms with Crippen molar-refractivity contribution in [2.45, 2.75) is 6.42 Å². The molecule has 0 N–H and O–H groups in total. The van der Waals surface area contributed by atoms with Crippen LogP contribution < -0.4 is 9.47 Å². The summed E-state index contributed by atoms with van der Waals surface area (Å²) in [6.07, 6.45) is 2.31. The zero-order chi connectivity index (χ0) is 14.7. The first-order valence-corrected chi connectivity index (χ1v) is 6.47. The molecule has 1 heterocycles.